The van der Waals surface area contributed by atoms with Gasteiger partial charge in [-0.3, -0.25) is 9.69 Å². The van der Waals surface area contributed by atoms with Gasteiger partial charge in [-0.2, -0.15) is 0 Å². The summed E-state index contributed by atoms with van der Waals surface area (Å²) in [6, 6.07) is 10.4. The molecule has 2 aromatic rings. The van der Waals surface area contributed by atoms with E-state index in [1.807, 2.05) is 32.0 Å². The Bertz CT molecular complexity index is 989. The molecule has 7 heteroatoms. The number of amides is 1. The van der Waals surface area contributed by atoms with E-state index in [0.29, 0.717) is 23.6 Å². The number of nitrogens with one attached hydrogen (secondary N) is 1. The van der Waals surface area contributed by atoms with Gasteiger partial charge in [0.1, 0.15) is 22.9 Å². The van der Waals surface area contributed by atoms with Crippen molar-refractivity contribution in [1.82, 2.24) is 10.2 Å². The second-order valence-corrected chi connectivity index (χ2v) is 9.75. The van der Waals surface area contributed by atoms with Gasteiger partial charge >= 0.3 is 0 Å². The molecule has 5 nitrogen and oxygen atoms in total. The molecule has 2 heterocycles. The molecule has 4 rings (SSSR count). The molecule has 2 aromatic carbocycles. The molecular formula is C25H30ClFN2O3. The van der Waals surface area contributed by atoms with Gasteiger partial charge in [-0.15, -0.1) is 0 Å². The molecule has 0 unspecified atom stereocenters. The number of hydrogen-bond acceptors (Lipinski definition) is 4. The van der Waals surface area contributed by atoms with E-state index in [-0.39, 0.29) is 29.3 Å². The monoisotopic (exact) mass is 460 g/mol. The molecule has 0 aliphatic carbocycles. The normalized spacial score (nSPS) is 20.8. The van der Waals surface area contributed by atoms with Crippen molar-refractivity contribution in [2.75, 3.05) is 20.2 Å². The van der Waals surface area contributed by atoms with E-state index < -0.39 is 0 Å². The average Bonchev–Trinajstić information content (AvgIpc) is 2.75. The van der Waals surface area contributed by atoms with Crippen LogP contribution in [0.25, 0.3) is 0 Å². The number of ether oxygens (including phenoxy) is 2. The molecule has 0 radical (unpaired) electrons. The van der Waals surface area contributed by atoms with Crippen LogP contribution in [0.3, 0.4) is 0 Å². The van der Waals surface area contributed by atoms with E-state index in [4.69, 9.17) is 21.1 Å². The van der Waals surface area contributed by atoms with E-state index in [0.717, 1.165) is 43.0 Å². The highest BCUT2D eigenvalue weighted by Crippen LogP contribution is 2.41. The van der Waals surface area contributed by atoms with Crippen molar-refractivity contribution < 1.29 is 18.7 Å². The number of carbonyl (C=O) groups excluding carboxylic acids is 1. The van der Waals surface area contributed by atoms with Gasteiger partial charge < -0.3 is 14.8 Å². The predicted octanol–water partition coefficient (Wildman–Crippen LogP) is 5.12. The molecule has 1 N–H and O–H groups in total. The lowest BCUT2D eigenvalue weighted by Crippen LogP contribution is -2.45. The first-order chi connectivity index (χ1) is 15.2. The number of likely N-dealkylation sites (tertiary alicyclic amines) is 1. The third kappa shape index (κ3) is 5.18. The van der Waals surface area contributed by atoms with Crippen molar-refractivity contribution in [3.8, 4) is 11.5 Å². The largest absolute Gasteiger partial charge is 0.497 e. The number of methoxy groups -OCH3 is 1. The minimum Gasteiger partial charge on any atom is -0.497 e. The third-order valence-corrected chi connectivity index (χ3v) is 6.60. The van der Waals surface area contributed by atoms with Crippen LogP contribution in [0.5, 0.6) is 11.5 Å². The van der Waals surface area contributed by atoms with Crippen LogP contribution in [0, 0.1) is 11.7 Å². The predicted molar refractivity (Wildman–Crippen MR) is 123 cm³/mol. The lowest BCUT2D eigenvalue weighted by atomic mass is 9.88. The van der Waals surface area contributed by atoms with Crippen LogP contribution in [-0.2, 0) is 11.3 Å². The molecule has 172 valence electrons. The van der Waals surface area contributed by atoms with Crippen molar-refractivity contribution >= 4 is 17.5 Å². The minimum atomic E-state index is -0.386. The zero-order valence-corrected chi connectivity index (χ0v) is 19.5. The summed E-state index contributed by atoms with van der Waals surface area (Å²) >= 11 is 5.85. The van der Waals surface area contributed by atoms with Crippen LogP contribution in [0.1, 0.15) is 50.3 Å². The van der Waals surface area contributed by atoms with Gasteiger partial charge in [-0.25, -0.2) is 4.39 Å². The van der Waals surface area contributed by atoms with Gasteiger partial charge in [0.25, 0.3) is 0 Å². The molecule has 0 aromatic heterocycles. The number of halogens is 2. The second-order valence-electron chi connectivity index (χ2n) is 9.32. The van der Waals surface area contributed by atoms with Crippen LogP contribution in [0.4, 0.5) is 4.39 Å². The molecular weight excluding hydrogens is 431 g/mol. The lowest BCUT2D eigenvalue weighted by Gasteiger charge is -2.39. The number of fused-ring (bicyclic) bond motifs is 1. The first kappa shape index (κ1) is 22.9. The fraction of sp³-hybridized carbons (Fsp3) is 0.480. The van der Waals surface area contributed by atoms with E-state index in [2.05, 4.69) is 10.2 Å². The van der Waals surface area contributed by atoms with Crippen LogP contribution >= 0.6 is 11.6 Å². The zero-order valence-electron chi connectivity index (χ0n) is 18.8. The van der Waals surface area contributed by atoms with E-state index in [9.17, 15) is 9.18 Å². The van der Waals surface area contributed by atoms with Crippen LogP contribution in [0.15, 0.2) is 36.4 Å². The molecule has 1 amide bonds. The maximum Gasteiger partial charge on any atom is 0.223 e. The minimum absolute atomic E-state index is 0.0472. The summed E-state index contributed by atoms with van der Waals surface area (Å²) in [5, 5.41) is 3.67. The van der Waals surface area contributed by atoms with Crippen LogP contribution < -0.4 is 14.8 Å². The molecule has 0 bridgehead atoms. The lowest BCUT2D eigenvalue weighted by molar-refractivity contribution is -0.127. The number of nitrogens with zero attached hydrogens (tertiary/aromatic N) is 1. The smallest absolute Gasteiger partial charge is 0.223 e. The summed E-state index contributed by atoms with van der Waals surface area (Å²) < 4.78 is 25.6. The fourth-order valence-electron chi connectivity index (χ4n) is 4.62. The summed E-state index contributed by atoms with van der Waals surface area (Å²) in [5.41, 5.74) is 1.23. The number of hydrogen-bond donors (Lipinski definition) is 1. The highest BCUT2D eigenvalue weighted by Gasteiger charge is 2.36. The van der Waals surface area contributed by atoms with Crippen molar-refractivity contribution in [2.24, 2.45) is 5.92 Å². The quantitative estimate of drug-likeness (QED) is 0.673. The SMILES string of the molecule is COc1ccc2c(c1)OC(C)(C)C[C@@H]2NC(=O)C1CCN(Cc2ccc(Cl)cc2F)CC1. The van der Waals surface area contributed by atoms with E-state index in [1.165, 1.54) is 6.07 Å². The fourth-order valence-corrected chi connectivity index (χ4v) is 4.78. The van der Waals surface area contributed by atoms with Gasteiger partial charge in [0.05, 0.1) is 13.2 Å². The summed E-state index contributed by atoms with van der Waals surface area (Å²) in [5.74, 6) is 1.23. The molecule has 1 fully saturated rings. The Balaban J connectivity index is 1.37. The van der Waals surface area contributed by atoms with Gasteiger partial charge in [-0.05, 0) is 64.0 Å². The molecule has 2 aliphatic rings. The number of benzene rings is 2. The Hall–Kier alpha value is -2.31. The standard InChI is InChI=1S/C25H30ClFN2O3/c1-25(2)14-22(20-7-6-19(31-3)13-23(20)32-25)28-24(30)16-8-10-29(11-9-16)15-17-4-5-18(26)12-21(17)27/h4-7,12-13,16,22H,8-11,14-15H2,1-3H3,(H,28,30)/t22-/m0/s1. The first-order valence-electron chi connectivity index (χ1n) is 11.1. The summed E-state index contributed by atoms with van der Waals surface area (Å²) in [7, 11) is 1.63. The van der Waals surface area contributed by atoms with E-state index in [1.54, 1.807) is 19.2 Å². The van der Waals surface area contributed by atoms with Crippen molar-refractivity contribution in [3.05, 3.63) is 58.4 Å². The first-order valence-corrected chi connectivity index (χ1v) is 11.5. The van der Waals surface area contributed by atoms with Gasteiger partial charge in [0.15, 0.2) is 0 Å². The van der Waals surface area contributed by atoms with Gasteiger partial charge in [0, 0.05) is 41.1 Å². The van der Waals surface area contributed by atoms with Crippen molar-refractivity contribution in [1.29, 1.82) is 0 Å². The van der Waals surface area contributed by atoms with Gasteiger partial charge in [0.2, 0.25) is 5.91 Å². The third-order valence-electron chi connectivity index (χ3n) is 6.36. The molecule has 0 spiro atoms. The highest BCUT2D eigenvalue weighted by molar-refractivity contribution is 6.30. The molecule has 1 atom stereocenters. The Kier molecular flexibility index (Phi) is 6.63. The maximum atomic E-state index is 14.1. The number of rotatable bonds is 5. The molecule has 0 saturated carbocycles. The second kappa shape index (κ2) is 9.28. The Morgan fingerprint density at radius 1 is 1.25 bits per heavy atom. The number of piperidine rings is 1. The summed E-state index contributed by atoms with van der Waals surface area (Å²) in [6.45, 7) is 6.10. The Labute approximate surface area is 193 Å². The highest BCUT2D eigenvalue weighted by atomic mass is 35.5. The Morgan fingerprint density at radius 3 is 2.69 bits per heavy atom. The zero-order chi connectivity index (χ0) is 22.9. The Morgan fingerprint density at radius 2 is 2.00 bits per heavy atom. The average molecular weight is 461 g/mol. The van der Waals surface area contributed by atoms with E-state index >= 15 is 0 Å². The summed E-state index contributed by atoms with van der Waals surface area (Å²) in [6.07, 6.45) is 2.21. The van der Waals surface area contributed by atoms with Crippen molar-refractivity contribution in [3.63, 3.8) is 0 Å². The summed E-state index contributed by atoms with van der Waals surface area (Å²) in [4.78, 5) is 15.3. The van der Waals surface area contributed by atoms with Crippen LogP contribution in [-0.4, -0.2) is 36.6 Å². The van der Waals surface area contributed by atoms with Crippen molar-refractivity contribution in [2.45, 2.75) is 51.3 Å². The van der Waals surface area contributed by atoms with Crippen LogP contribution in [0.2, 0.25) is 5.02 Å². The van der Waals surface area contributed by atoms with Gasteiger partial charge in [-0.1, -0.05) is 17.7 Å². The molecule has 1 saturated heterocycles. The topological polar surface area (TPSA) is 50.8 Å². The molecule has 2 aliphatic heterocycles. The molecule has 32 heavy (non-hydrogen) atoms. The maximum absolute atomic E-state index is 14.1. The number of carbonyl (C=O) groups is 1.